The zero-order valence-electron chi connectivity index (χ0n) is 5.93. The van der Waals surface area contributed by atoms with E-state index in [9.17, 15) is 0 Å². The quantitative estimate of drug-likeness (QED) is 0.323. The maximum Gasteiger partial charge on any atom is 0.168 e. The maximum absolute atomic E-state index is 5.63. The molecule has 0 aliphatic rings. The van der Waals surface area contributed by atoms with Gasteiger partial charge >= 0.3 is 0 Å². The van der Waals surface area contributed by atoms with Gasteiger partial charge in [0.1, 0.15) is 11.5 Å². The molecule has 0 bridgehead atoms. The van der Waals surface area contributed by atoms with E-state index in [0.29, 0.717) is 11.6 Å². The van der Waals surface area contributed by atoms with Crippen LogP contribution in [0.5, 0.6) is 0 Å². The summed E-state index contributed by atoms with van der Waals surface area (Å²) in [5.41, 5.74) is 8.04. The van der Waals surface area contributed by atoms with Crippen molar-refractivity contribution in [2.75, 3.05) is 11.2 Å². The molecule has 1 rings (SSSR count). The summed E-state index contributed by atoms with van der Waals surface area (Å²) in [5, 5.41) is 0.213. The van der Waals surface area contributed by atoms with Crippen LogP contribution in [0.4, 0.5) is 11.5 Å². The van der Waals surface area contributed by atoms with Gasteiger partial charge in [0.2, 0.25) is 0 Å². The van der Waals surface area contributed by atoms with E-state index >= 15 is 0 Å². The van der Waals surface area contributed by atoms with Gasteiger partial charge in [-0.15, -0.1) is 0 Å². The van der Waals surface area contributed by atoms with Crippen LogP contribution < -0.4 is 17.0 Å². The Kier molecular flexibility index (Phi) is 2.11. The molecule has 0 amide bonds. The molecule has 0 unspecified atom stereocenters. The molecule has 0 aliphatic carbocycles. The molecule has 0 saturated carbocycles. The van der Waals surface area contributed by atoms with Gasteiger partial charge in [0.15, 0.2) is 11.0 Å². The first-order chi connectivity index (χ1) is 5.15. The van der Waals surface area contributed by atoms with Crippen LogP contribution in [0.25, 0.3) is 0 Å². The second kappa shape index (κ2) is 2.89. The molecule has 1 aromatic heterocycles. The number of hydrogen-bond acceptors (Lipinski definition) is 5. The molecule has 0 fully saturated rings. The van der Waals surface area contributed by atoms with Crippen LogP contribution in [0.2, 0.25) is 5.15 Å². The van der Waals surface area contributed by atoms with Crippen LogP contribution in [0.1, 0.15) is 5.82 Å². The Morgan fingerprint density at radius 1 is 1.45 bits per heavy atom. The van der Waals surface area contributed by atoms with Gasteiger partial charge in [-0.05, 0) is 6.92 Å². The Morgan fingerprint density at radius 3 is 2.64 bits per heavy atom. The first-order valence-corrected chi connectivity index (χ1v) is 3.29. The fraction of sp³-hybridized carbons (Fsp3) is 0.200. The monoisotopic (exact) mass is 173 g/mol. The third kappa shape index (κ3) is 1.50. The Balaban J connectivity index is 3.24. The fourth-order valence-corrected chi connectivity index (χ4v) is 0.869. The molecule has 5 N–H and O–H groups in total. The Bertz CT molecular complexity index is 274. The van der Waals surface area contributed by atoms with Gasteiger partial charge in [0.25, 0.3) is 0 Å². The number of nitrogens with one attached hydrogen (secondary N) is 1. The highest BCUT2D eigenvalue weighted by atomic mass is 35.5. The predicted molar refractivity (Wildman–Crippen MR) is 44.0 cm³/mol. The molecular formula is C5H8ClN5. The highest BCUT2D eigenvalue weighted by molar-refractivity contribution is 6.32. The van der Waals surface area contributed by atoms with E-state index < -0.39 is 0 Å². The second-order valence-corrected chi connectivity index (χ2v) is 2.33. The molecular weight excluding hydrogens is 166 g/mol. The van der Waals surface area contributed by atoms with E-state index in [1.54, 1.807) is 6.92 Å². The molecule has 11 heavy (non-hydrogen) atoms. The summed E-state index contributed by atoms with van der Waals surface area (Å²) in [6.45, 7) is 1.70. The summed E-state index contributed by atoms with van der Waals surface area (Å²) in [7, 11) is 0. The van der Waals surface area contributed by atoms with Crippen molar-refractivity contribution < 1.29 is 0 Å². The zero-order valence-corrected chi connectivity index (χ0v) is 6.68. The van der Waals surface area contributed by atoms with Gasteiger partial charge in [-0.25, -0.2) is 15.8 Å². The SMILES string of the molecule is Cc1nc(Cl)c(N)c(NN)n1. The molecule has 0 saturated heterocycles. The van der Waals surface area contributed by atoms with E-state index in [0.717, 1.165) is 0 Å². The van der Waals surface area contributed by atoms with E-state index in [1.807, 2.05) is 0 Å². The average molecular weight is 174 g/mol. The van der Waals surface area contributed by atoms with Crippen LogP contribution in [-0.4, -0.2) is 9.97 Å². The zero-order chi connectivity index (χ0) is 8.43. The Labute approximate surface area is 68.7 Å². The van der Waals surface area contributed by atoms with E-state index in [1.165, 1.54) is 0 Å². The largest absolute Gasteiger partial charge is 0.393 e. The van der Waals surface area contributed by atoms with Gasteiger partial charge in [-0.2, -0.15) is 0 Å². The van der Waals surface area contributed by atoms with Crippen molar-refractivity contribution in [2.24, 2.45) is 5.84 Å². The summed E-state index contributed by atoms with van der Waals surface area (Å²) in [4.78, 5) is 7.71. The lowest BCUT2D eigenvalue weighted by Gasteiger charge is -2.04. The molecule has 1 aromatic rings. The molecule has 6 heteroatoms. The van der Waals surface area contributed by atoms with Crippen LogP contribution in [0.3, 0.4) is 0 Å². The third-order valence-electron chi connectivity index (χ3n) is 1.15. The summed E-state index contributed by atoms with van der Waals surface area (Å²) < 4.78 is 0. The van der Waals surface area contributed by atoms with Crippen LogP contribution in [0, 0.1) is 6.92 Å². The molecule has 60 valence electrons. The summed E-state index contributed by atoms with van der Waals surface area (Å²) in [5.74, 6) is 5.98. The number of rotatable bonds is 1. The fourth-order valence-electron chi connectivity index (χ4n) is 0.657. The number of nitrogen functional groups attached to an aromatic ring is 2. The second-order valence-electron chi connectivity index (χ2n) is 1.97. The smallest absolute Gasteiger partial charge is 0.168 e. The average Bonchev–Trinajstić information content (AvgIpc) is 1.96. The van der Waals surface area contributed by atoms with E-state index in [4.69, 9.17) is 23.2 Å². The minimum Gasteiger partial charge on any atom is -0.393 e. The van der Waals surface area contributed by atoms with Crippen LogP contribution in [0.15, 0.2) is 0 Å². The van der Waals surface area contributed by atoms with Crippen molar-refractivity contribution in [2.45, 2.75) is 6.92 Å². The van der Waals surface area contributed by atoms with Gasteiger partial charge < -0.3 is 11.2 Å². The van der Waals surface area contributed by atoms with Crippen molar-refractivity contribution in [3.63, 3.8) is 0 Å². The Morgan fingerprint density at radius 2 is 2.09 bits per heavy atom. The lowest BCUT2D eigenvalue weighted by Crippen LogP contribution is -2.12. The number of hydrogen-bond donors (Lipinski definition) is 3. The van der Waals surface area contributed by atoms with Crippen molar-refractivity contribution in [3.05, 3.63) is 11.0 Å². The summed E-state index contributed by atoms with van der Waals surface area (Å²) >= 11 is 5.63. The molecule has 0 aromatic carbocycles. The van der Waals surface area contributed by atoms with Crippen molar-refractivity contribution in [1.29, 1.82) is 0 Å². The van der Waals surface area contributed by atoms with Crippen LogP contribution >= 0.6 is 11.6 Å². The number of nitrogens with zero attached hydrogens (tertiary/aromatic N) is 2. The maximum atomic E-state index is 5.63. The van der Waals surface area contributed by atoms with Crippen molar-refractivity contribution in [1.82, 2.24) is 9.97 Å². The summed E-state index contributed by atoms with van der Waals surface area (Å²) in [6, 6.07) is 0. The van der Waals surface area contributed by atoms with Gasteiger partial charge in [-0.3, -0.25) is 0 Å². The topological polar surface area (TPSA) is 89.8 Å². The molecule has 0 atom stereocenters. The number of nitrogens with two attached hydrogens (primary N) is 2. The first kappa shape index (κ1) is 8.03. The summed E-state index contributed by atoms with van der Waals surface area (Å²) in [6.07, 6.45) is 0. The predicted octanol–water partition coefficient (Wildman–Crippen LogP) is 0.306. The van der Waals surface area contributed by atoms with Crippen LogP contribution in [-0.2, 0) is 0 Å². The highest BCUT2D eigenvalue weighted by Gasteiger charge is 2.05. The van der Waals surface area contributed by atoms with E-state index in [-0.39, 0.29) is 10.8 Å². The molecule has 5 nitrogen and oxygen atoms in total. The number of aryl methyl sites for hydroxylation is 1. The molecule has 0 radical (unpaired) electrons. The van der Waals surface area contributed by atoms with Gasteiger partial charge in [0, 0.05) is 0 Å². The highest BCUT2D eigenvalue weighted by Crippen LogP contribution is 2.21. The minimum atomic E-state index is 0.213. The van der Waals surface area contributed by atoms with Crippen molar-refractivity contribution in [3.8, 4) is 0 Å². The molecule has 0 aliphatic heterocycles. The molecule has 0 spiro atoms. The lowest BCUT2D eigenvalue weighted by atomic mass is 10.5. The van der Waals surface area contributed by atoms with Crippen molar-refractivity contribution >= 4 is 23.1 Å². The number of aromatic nitrogens is 2. The van der Waals surface area contributed by atoms with Gasteiger partial charge in [-0.1, -0.05) is 11.6 Å². The molecule has 1 heterocycles. The lowest BCUT2D eigenvalue weighted by molar-refractivity contribution is 1.05. The third-order valence-corrected chi connectivity index (χ3v) is 1.44. The normalized spacial score (nSPS) is 9.73. The minimum absolute atomic E-state index is 0.213. The number of anilines is 2. The number of halogens is 1. The number of hydrazine groups is 1. The van der Waals surface area contributed by atoms with E-state index in [2.05, 4.69) is 15.4 Å². The first-order valence-electron chi connectivity index (χ1n) is 2.91. The standard InChI is InChI=1S/C5H8ClN5/c1-2-9-4(6)3(7)5(10-2)11-8/h7-8H2,1H3,(H,9,10,11). The Hall–Kier alpha value is -1.07. The van der Waals surface area contributed by atoms with Gasteiger partial charge in [0.05, 0.1) is 0 Å².